The van der Waals surface area contributed by atoms with Gasteiger partial charge in [-0.15, -0.1) is 0 Å². The predicted octanol–water partition coefficient (Wildman–Crippen LogP) is 5.78. The maximum Gasteiger partial charge on any atom is 0.345 e. The van der Waals surface area contributed by atoms with E-state index >= 15 is 0 Å². The molecule has 0 saturated carbocycles. The predicted molar refractivity (Wildman–Crippen MR) is 262 cm³/mol. The van der Waals surface area contributed by atoms with Gasteiger partial charge in [0, 0.05) is 72.4 Å². The van der Waals surface area contributed by atoms with Crippen LogP contribution >= 0.6 is 11.6 Å². The first kappa shape index (κ1) is 45.4. The van der Waals surface area contributed by atoms with Crippen molar-refractivity contribution in [2.45, 2.75) is 53.6 Å². The fourth-order valence-corrected chi connectivity index (χ4v) is 9.90. The number of nitrogens with one attached hydrogen (secondary N) is 1. The zero-order chi connectivity index (χ0) is 46.9. The molecule has 0 atom stereocenters. The summed E-state index contributed by atoms with van der Waals surface area (Å²) < 4.78 is 9.05. The van der Waals surface area contributed by atoms with Gasteiger partial charge in [-0.25, -0.2) is 14.8 Å². The first-order chi connectivity index (χ1) is 32.5. The van der Waals surface area contributed by atoms with Gasteiger partial charge in [-0.2, -0.15) is 0 Å². The Morgan fingerprint density at radius 2 is 1.24 bits per heavy atom. The Hall–Kier alpha value is -6.78. The van der Waals surface area contributed by atoms with Crippen LogP contribution in [0.1, 0.15) is 72.4 Å². The molecule has 4 aliphatic heterocycles. The summed E-state index contributed by atoms with van der Waals surface area (Å²) in [6.45, 7) is 16.0. The number of amides is 2. The van der Waals surface area contributed by atoms with E-state index in [1.165, 1.54) is 12.8 Å². The van der Waals surface area contributed by atoms with Crippen molar-refractivity contribution in [1.82, 2.24) is 34.2 Å². The molecule has 10 rings (SSSR count). The van der Waals surface area contributed by atoms with Gasteiger partial charge in [0.1, 0.15) is 33.7 Å². The number of piperazine rings is 1. The number of hydrogen-bond acceptors (Lipinski definition) is 12. The van der Waals surface area contributed by atoms with E-state index in [1.54, 1.807) is 32.0 Å². The number of hydrogen-bond donors (Lipinski definition) is 1. The van der Waals surface area contributed by atoms with Gasteiger partial charge < -0.3 is 34.6 Å². The monoisotopic (exact) mass is 926 g/mol. The van der Waals surface area contributed by atoms with Gasteiger partial charge >= 0.3 is 5.97 Å². The molecule has 0 unspecified atom stereocenters. The van der Waals surface area contributed by atoms with Crippen LogP contribution in [-0.4, -0.2) is 119 Å². The highest BCUT2D eigenvalue weighted by molar-refractivity contribution is 6.29. The summed E-state index contributed by atoms with van der Waals surface area (Å²) >= 11 is 6.13. The first-order valence-corrected chi connectivity index (χ1v) is 23.6. The summed E-state index contributed by atoms with van der Waals surface area (Å²) in [5, 5.41) is 4.08. The number of benzene rings is 2. The molecule has 0 spiro atoms. The van der Waals surface area contributed by atoms with Gasteiger partial charge in [0.2, 0.25) is 16.8 Å². The van der Waals surface area contributed by atoms with Crippen molar-refractivity contribution in [3.63, 3.8) is 0 Å². The summed E-state index contributed by atoms with van der Waals surface area (Å²) in [5.41, 5.74) is 4.51. The first-order valence-electron chi connectivity index (χ1n) is 23.2. The van der Waals surface area contributed by atoms with Crippen LogP contribution in [0.2, 0.25) is 5.15 Å². The highest BCUT2D eigenvalue weighted by Crippen LogP contribution is 2.37. The molecule has 16 nitrogen and oxygen atoms in total. The number of para-hydroxylation sites is 2. The molecule has 0 bridgehead atoms. The van der Waals surface area contributed by atoms with Crippen LogP contribution in [0.5, 0.6) is 0 Å². The van der Waals surface area contributed by atoms with E-state index in [2.05, 4.69) is 31.1 Å². The maximum atomic E-state index is 14.0. The number of nitrogens with zero attached hydrogens (tertiary/aromatic N) is 9. The van der Waals surface area contributed by atoms with Gasteiger partial charge in [0.05, 0.1) is 28.8 Å². The second-order valence-corrected chi connectivity index (χ2v) is 17.5. The van der Waals surface area contributed by atoms with Crippen LogP contribution in [0.25, 0.3) is 33.4 Å². The molecule has 2 saturated heterocycles. The van der Waals surface area contributed by atoms with Crippen molar-refractivity contribution >= 4 is 68.9 Å². The summed E-state index contributed by atoms with van der Waals surface area (Å²) in [4.78, 5) is 85.3. The summed E-state index contributed by atoms with van der Waals surface area (Å²) in [7, 11) is 0. The molecule has 4 aromatic heterocycles. The third-order valence-corrected chi connectivity index (χ3v) is 13.4. The number of pyridine rings is 4. The topological polar surface area (TPSA) is 158 Å². The Kier molecular flexibility index (Phi) is 13.0. The lowest BCUT2D eigenvalue weighted by molar-refractivity contribution is -0.129. The quantitative estimate of drug-likeness (QED) is 0.138. The van der Waals surface area contributed by atoms with Crippen LogP contribution in [0.3, 0.4) is 0 Å². The van der Waals surface area contributed by atoms with Crippen molar-refractivity contribution in [3.8, 4) is 11.4 Å². The molecular formula is C50H55ClN10O6. The summed E-state index contributed by atoms with van der Waals surface area (Å²) in [6.07, 6.45) is 2.39. The minimum atomic E-state index is -0.624. The molecule has 2 amide bonds. The minimum Gasteiger partial charge on any atom is -0.462 e. The number of carbonyl (C=O) groups excluding carboxylic acids is 3. The Labute approximate surface area is 393 Å². The zero-order valence-corrected chi connectivity index (χ0v) is 39.1. The lowest BCUT2D eigenvalue weighted by Gasteiger charge is -2.36. The largest absolute Gasteiger partial charge is 0.462 e. The van der Waals surface area contributed by atoms with E-state index < -0.39 is 11.4 Å². The molecule has 67 heavy (non-hydrogen) atoms. The SMILES string of the molecule is CCN1Cc2ccccc2-n2c1c(C(=O)NCCN1CCCC1)c(=O)c1ccc(N3CCN(C(C)=O)CC3)nc12.CCOC(=O)c1c2n(c3nc(Cl)ccc3c1=O)-c1ccccc1CN2CC. The van der Waals surface area contributed by atoms with Gasteiger partial charge in [-0.1, -0.05) is 48.0 Å². The van der Waals surface area contributed by atoms with Crippen molar-refractivity contribution in [3.05, 3.63) is 121 Å². The molecule has 1 N–H and O–H groups in total. The molecule has 17 heteroatoms. The summed E-state index contributed by atoms with van der Waals surface area (Å²) in [5.74, 6) is 0.983. The number of halogens is 1. The van der Waals surface area contributed by atoms with E-state index in [9.17, 15) is 24.0 Å². The second-order valence-electron chi connectivity index (χ2n) is 17.1. The van der Waals surface area contributed by atoms with Crippen LogP contribution in [-0.2, 0) is 22.6 Å². The number of ether oxygens (including phenoxy) is 1. The lowest BCUT2D eigenvalue weighted by Crippen LogP contribution is -2.48. The second kappa shape index (κ2) is 19.2. The molecule has 0 aliphatic carbocycles. The fourth-order valence-electron chi connectivity index (χ4n) is 9.76. The van der Waals surface area contributed by atoms with E-state index in [-0.39, 0.29) is 40.1 Å². The maximum absolute atomic E-state index is 14.0. The molecule has 6 aromatic rings. The number of rotatable bonds is 9. The number of aromatic nitrogens is 4. The number of carbonyl (C=O) groups is 3. The van der Waals surface area contributed by atoms with Crippen molar-refractivity contribution in [2.24, 2.45) is 0 Å². The van der Waals surface area contributed by atoms with E-state index in [0.29, 0.717) is 92.6 Å². The highest BCUT2D eigenvalue weighted by atomic mass is 35.5. The Bertz CT molecular complexity index is 3030. The number of fused-ring (bicyclic) bond motifs is 10. The molecule has 2 fully saturated rings. The normalized spacial score (nSPS) is 15.4. The molecule has 8 heterocycles. The zero-order valence-electron chi connectivity index (χ0n) is 38.4. The molecule has 348 valence electrons. The highest BCUT2D eigenvalue weighted by Gasteiger charge is 2.34. The third-order valence-electron chi connectivity index (χ3n) is 13.2. The Morgan fingerprint density at radius 3 is 1.82 bits per heavy atom. The van der Waals surface area contributed by atoms with Crippen molar-refractivity contribution in [2.75, 3.05) is 86.8 Å². The molecular weight excluding hydrogens is 872 g/mol. The minimum absolute atomic E-state index is 0.0322. The number of esters is 1. The lowest BCUT2D eigenvalue weighted by atomic mass is 10.0. The van der Waals surface area contributed by atoms with Crippen molar-refractivity contribution in [1.29, 1.82) is 0 Å². The standard InChI is InChI=1S/C30H37N7O3.C20H18ClN3O3/c1-3-34-20-22-8-4-5-9-24(22)37-28-23(10-11-25(32-28)36-18-16-35(17-19-36)21(2)38)27(39)26(30(34)37)29(40)31-12-15-33-13-6-7-14-33;1-3-23-11-12-7-5-6-8-14(12)24-18-13(9-10-15(21)22-18)17(25)16(19(23)24)20(26)27-4-2/h4-5,8-11H,3,6-7,12-20H2,1-2H3,(H,31,40);5-10H,3-4,11H2,1-2H3. The van der Waals surface area contributed by atoms with Crippen molar-refractivity contribution < 1.29 is 19.1 Å². The fraction of sp³-hybridized carbons (Fsp3) is 0.380. The van der Waals surface area contributed by atoms with Gasteiger partial charge in [0.15, 0.2) is 11.3 Å². The smallest absolute Gasteiger partial charge is 0.345 e. The Morgan fingerprint density at radius 1 is 0.687 bits per heavy atom. The van der Waals surface area contributed by atoms with E-state index in [0.717, 1.165) is 48.0 Å². The number of anilines is 3. The average molecular weight is 928 g/mol. The van der Waals surface area contributed by atoms with Gasteiger partial charge in [-0.05, 0) is 94.2 Å². The van der Waals surface area contributed by atoms with Crippen LogP contribution in [0.15, 0.2) is 82.4 Å². The summed E-state index contributed by atoms with van der Waals surface area (Å²) in [6, 6.07) is 22.8. The number of likely N-dealkylation sites (tertiary alicyclic amines) is 1. The Balaban J connectivity index is 0.000000181. The molecule has 2 aromatic carbocycles. The molecule has 4 aliphatic rings. The van der Waals surface area contributed by atoms with Crippen LogP contribution < -0.4 is 30.9 Å². The van der Waals surface area contributed by atoms with Gasteiger partial charge in [-0.3, -0.25) is 28.3 Å². The third kappa shape index (κ3) is 8.48. The van der Waals surface area contributed by atoms with Crippen LogP contribution in [0, 0.1) is 0 Å². The average Bonchev–Trinajstić information content (AvgIpc) is 3.87. The van der Waals surface area contributed by atoms with Gasteiger partial charge in [0.25, 0.3) is 5.91 Å². The van der Waals surface area contributed by atoms with Crippen LogP contribution in [0.4, 0.5) is 17.5 Å². The van der Waals surface area contributed by atoms with E-state index in [4.69, 9.17) is 21.3 Å². The molecule has 0 radical (unpaired) electrons. The van der Waals surface area contributed by atoms with E-state index in [1.807, 2.05) is 81.3 Å².